The Labute approximate surface area is 202 Å². The Hall–Kier alpha value is -3.70. The van der Waals surface area contributed by atoms with E-state index in [1.807, 2.05) is 49.4 Å². The molecule has 0 aliphatic rings. The first-order valence-electron chi connectivity index (χ1n) is 10.4. The SMILES string of the molecule is C/C(=N/Nc1nc2c(c(=O)[nH]c(=O)n2C)n1CC(O)COc1ccccc1)c1ccc(Br)cc1. The lowest BCUT2D eigenvalue weighted by molar-refractivity contribution is 0.0938. The molecule has 0 saturated heterocycles. The predicted molar refractivity (Wildman–Crippen MR) is 134 cm³/mol. The molecule has 0 amide bonds. The number of aromatic amines is 1. The summed E-state index contributed by atoms with van der Waals surface area (Å²) in [5, 5.41) is 15.0. The molecule has 2 aromatic heterocycles. The first-order chi connectivity index (χ1) is 16.3. The van der Waals surface area contributed by atoms with E-state index < -0.39 is 17.4 Å². The number of ether oxygens (including phenoxy) is 1. The Bertz CT molecular complexity index is 1440. The van der Waals surface area contributed by atoms with Crippen LogP contribution in [0.25, 0.3) is 11.2 Å². The lowest BCUT2D eigenvalue weighted by atomic mass is 10.1. The number of aryl methyl sites for hydroxylation is 1. The molecule has 34 heavy (non-hydrogen) atoms. The van der Waals surface area contributed by atoms with E-state index in [0.29, 0.717) is 11.5 Å². The fourth-order valence-corrected chi connectivity index (χ4v) is 3.62. The van der Waals surface area contributed by atoms with Crippen molar-refractivity contribution in [1.29, 1.82) is 0 Å². The summed E-state index contributed by atoms with van der Waals surface area (Å²) in [6.45, 7) is 1.81. The zero-order chi connectivity index (χ0) is 24.2. The topological polar surface area (TPSA) is 127 Å². The summed E-state index contributed by atoms with van der Waals surface area (Å²) in [7, 11) is 1.51. The molecule has 0 saturated carbocycles. The van der Waals surface area contributed by atoms with Gasteiger partial charge in [0.2, 0.25) is 5.95 Å². The molecular formula is C23H23BrN6O4. The van der Waals surface area contributed by atoms with Gasteiger partial charge in [0.25, 0.3) is 5.56 Å². The Morgan fingerprint density at radius 1 is 1.21 bits per heavy atom. The lowest BCUT2D eigenvalue weighted by Gasteiger charge is -2.15. The quantitative estimate of drug-likeness (QED) is 0.239. The van der Waals surface area contributed by atoms with E-state index in [2.05, 4.69) is 36.4 Å². The summed E-state index contributed by atoms with van der Waals surface area (Å²) >= 11 is 3.41. The van der Waals surface area contributed by atoms with Crippen molar-refractivity contribution in [2.45, 2.75) is 19.6 Å². The molecule has 0 bridgehead atoms. The second-order valence-electron chi connectivity index (χ2n) is 7.63. The van der Waals surface area contributed by atoms with Crippen LogP contribution in [0.15, 0.2) is 73.8 Å². The number of fused-ring (bicyclic) bond motifs is 1. The number of imidazole rings is 1. The van der Waals surface area contributed by atoms with E-state index >= 15 is 0 Å². The zero-order valence-corrected chi connectivity index (χ0v) is 20.1. The van der Waals surface area contributed by atoms with Crippen molar-refractivity contribution in [3.8, 4) is 5.75 Å². The highest BCUT2D eigenvalue weighted by Gasteiger charge is 2.20. The van der Waals surface area contributed by atoms with Crippen LogP contribution in [0.4, 0.5) is 5.95 Å². The van der Waals surface area contributed by atoms with Gasteiger partial charge in [0, 0.05) is 11.5 Å². The number of nitrogens with zero attached hydrogens (tertiary/aromatic N) is 4. The Balaban J connectivity index is 1.65. The molecule has 1 unspecified atom stereocenters. The monoisotopic (exact) mass is 526 g/mol. The Kier molecular flexibility index (Phi) is 6.94. The summed E-state index contributed by atoms with van der Waals surface area (Å²) in [5.74, 6) is 0.822. The molecular weight excluding hydrogens is 504 g/mol. The van der Waals surface area contributed by atoms with Crippen molar-refractivity contribution < 1.29 is 9.84 Å². The van der Waals surface area contributed by atoms with Crippen LogP contribution in [0.2, 0.25) is 0 Å². The molecule has 4 rings (SSSR count). The van der Waals surface area contributed by atoms with Crippen LogP contribution < -0.4 is 21.4 Å². The third kappa shape index (κ3) is 5.10. The number of anilines is 1. The third-order valence-corrected chi connectivity index (χ3v) is 5.70. The minimum Gasteiger partial charge on any atom is -0.491 e. The summed E-state index contributed by atoms with van der Waals surface area (Å²) < 4.78 is 9.30. The van der Waals surface area contributed by atoms with Crippen LogP contribution in [0.3, 0.4) is 0 Å². The molecule has 10 nitrogen and oxygen atoms in total. The second-order valence-corrected chi connectivity index (χ2v) is 8.55. The number of halogens is 1. The van der Waals surface area contributed by atoms with Crippen LogP contribution in [0, 0.1) is 0 Å². The number of H-pyrrole nitrogens is 1. The van der Waals surface area contributed by atoms with Crippen LogP contribution in [0.1, 0.15) is 12.5 Å². The summed E-state index contributed by atoms with van der Waals surface area (Å²) in [6, 6.07) is 16.7. The largest absolute Gasteiger partial charge is 0.491 e. The molecule has 0 spiro atoms. The van der Waals surface area contributed by atoms with Crippen LogP contribution in [0.5, 0.6) is 5.75 Å². The molecule has 0 fully saturated rings. The maximum absolute atomic E-state index is 12.6. The minimum atomic E-state index is -0.966. The molecule has 0 radical (unpaired) electrons. The smallest absolute Gasteiger partial charge is 0.329 e. The number of benzene rings is 2. The molecule has 176 valence electrons. The van der Waals surface area contributed by atoms with Gasteiger partial charge in [-0.15, -0.1) is 0 Å². The maximum atomic E-state index is 12.6. The normalized spacial score (nSPS) is 12.6. The minimum absolute atomic E-state index is 0.00597. The standard InChI is InChI=1S/C23H23BrN6O4/c1-14(15-8-10-16(24)11-9-15)27-28-22-25-20-19(21(32)26-23(33)29(20)2)30(22)12-17(31)13-34-18-6-4-3-5-7-18/h3-11,17,31H,12-13H2,1-2H3,(H,25,28)(H,26,32,33)/b27-14-. The highest BCUT2D eigenvalue weighted by atomic mass is 79.9. The number of para-hydroxylation sites is 1. The van der Waals surface area contributed by atoms with E-state index in [-0.39, 0.29) is 30.3 Å². The van der Waals surface area contributed by atoms with Crippen LogP contribution >= 0.6 is 15.9 Å². The number of aromatic nitrogens is 4. The van der Waals surface area contributed by atoms with Crippen molar-refractivity contribution in [2.75, 3.05) is 12.0 Å². The highest BCUT2D eigenvalue weighted by Crippen LogP contribution is 2.18. The predicted octanol–water partition coefficient (Wildman–Crippen LogP) is 2.46. The Morgan fingerprint density at radius 2 is 1.91 bits per heavy atom. The molecule has 4 aromatic rings. The number of nitrogens with one attached hydrogen (secondary N) is 2. The van der Waals surface area contributed by atoms with Crippen molar-refractivity contribution in [3.05, 3.63) is 85.5 Å². The Morgan fingerprint density at radius 3 is 2.62 bits per heavy atom. The van der Waals surface area contributed by atoms with Gasteiger partial charge in [0.15, 0.2) is 11.2 Å². The van der Waals surface area contributed by atoms with Gasteiger partial charge >= 0.3 is 5.69 Å². The first kappa shape index (κ1) is 23.5. The number of hydrogen-bond donors (Lipinski definition) is 3. The number of hydrazone groups is 1. The van der Waals surface area contributed by atoms with Gasteiger partial charge in [0.05, 0.1) is 12.3 Å². The number of aliphatic hydroxyl groups is 1. The molecule has 2 heterocycles. The van der Waals surface area contributed by atoms with Crippen LogP contribution in [-0.2, 0) is 13.6 Å². The molecule has 11 heteroatoms. The second kappa shape index (κ2) is 10.1. The highest BCUT2D eigenvalue weighted by molar-refractivity contribution is 9.10. The summed E-state index contributed by atoms with van der Waals surface area (Å²) in [6.07, 6.45) is -0.966. The number of hydrogen-bond acceptors (Lipinski definition) is 7. The van der Waals surface area contributed by atoms with Crippen molar-refractivity contribution >= 4 is 38.8 Å². The molecule has 1 atom stereocenters. The molecule has 3 N–H and O–H groups in total. The fraction of sp³-hybridized carbons (Fsp3) is 0.217. The first-order valence-corrected chi connectivity index (χ1v) is 11.2. The number of aliphatic hydroxyl groups excluding tert-OH is 1. The van der Waals surface area contributed by atoms with Crippen LogP contribution in [-0.4, -0.2) is 42.6 Å². The van der Waals surface area contributed by atoms with Gasteiger partial charge < -0.3 is 14.4 Å². The third-order valence-electron chi connectivity index (χ3n) is 5.17. The molecule has 0 aliphatic heterocycles. The zero-order valence-electron chi connectivity index (χ0n) is 18.5. The van der Waals surface area contributed by atoms with Gasteiger partial charge in [-0.25, -0.2) is 10.2 Å². The molecule has 2 aromatic carbocycles. The van der Waals surface area contributed by atoms with Gasteiger partial charge in [-0.3, -0.25) is 14.3 Å². The van der Waals surface area contributed by atoms with Gasteiger partial charge in [-0.2, -0.15) is 10.1 Å². The van der Waals surface area contributed by atoms with Crippen molar-refractivity contribution in [1.82, 2.24) is 19.1 Å². The van der Waals surface area contributed by atoms with E-state index in [9.17, 15) is 14.7 Å². The number of rotatable bonds is 8. The summed E-state index contributed by atoms with van der Waals surface area (Å²) in [5.41, 5.74) is 3.56. The van der Waals surface area contributed by atoms with Gasteiger partial charge in [-0.05, 0) is 36.8 Å². The van der Waals surface area contributed by atoms with E-state index in [1.165, 1.54) is 16.2 Å². The van der Waals surface area contributed by atoms with Crippen molar-refractivity contribution in [2.24, 2.45) is 12.1 Å². The van der Waals surface area contributed by atoms with E-state index in [1.54, 1.807) is 12.1 Å². The lowest BCUT2D eigenvalue weighted by Crippen LogP contribution is -2.30. The summed E-state index contributed by atoms with van der Waals surface area (Å²) in [4.78, 5) is 31.4. The molecule has 0 aliphatic carbocycles. The van der Waals surface area contributed by atoms with E-state index in [0.717, 1.165) is 10.0 Å². The fourth-order valence-electron chi connectivity index (χ4n) is 3.36. The average Bonchev–Trinajstić information content (AvgIpc) is 3.19. The van der Waals surface area contributed by atoms with Gasteiger partial charge in [0.1, 0.15) is 18.5 Å². The van der Waals surface area contributed by atoms with E-state index in [4.69, 9.17) is 4.74 Å². The van der Waals surface area contributed by atoms with Crippen molar-refractivity contribution in [3.63, 3.8) is 0 Å². The maximum Gasteiger partial charge on any atom is 0.329 e. The van der Waals surface area contributed by atoms with Gasteiger partial charge in [-0.1, -0.05) is 46.3 Å². The average molecular weight is 527 g/mol.